The highest BCUT2D eigenvalue weighted by atomic mass is 35.5. The third-order valence-electron chi connectivity index (χ3n) is 6.06. The molecule has 0 bridgehead atoms. The predicted octanol–water partition coefficient (Wildman–Crippen LogP) is 7.20. The number of hydrogen-bond donors (Lipinski definition) is 1. The van der Waals surface area contributed by atoms with E-state index in [-0.39, 0.29) is 18.5 Å². The maximum absolute atomic E-state index is 12.4. The maximum atomic E-state index is 12.4. The Morgan fingerprint density at radius 2 is 1.85 bits per heavy atom. The SMILES string of the molecule is Cc1ccccc1COC(=O)Nc1ncc2c(n1)-c1ccccc1C(c1ccc(Cl)c(Cl)c1)C2. The zero-order valence-corrected chi connectivity index (χ0v) is 19.9. The average Bonchev–Trinajstić information content (AvgIpc) is 2.85. The summed E-state index contributed by atoms with van der Waals surface area (Å²) in [5.41, 5.74) is 7.03. The minimum atomic E-state index is -0.596. The highest BCUT2D eigenvalue weighted by Gasteiger charge is 2.28. The van der Waals surface area contributed by atoms with Gasteiger partial charge in [-0.05, 0) is 53.3 Å². The molecule has 1 aromatic heterocycles. The third-order valence-corrected chi connectivity index (χ3v) is 6.80. The van der Waals surface area contributed by atoms with Crippen molar-refractivity contribution in [2.75, 3.05) is 5.32 Å². The first-order valence-corrected chi connectivity index (χ1v) is 11.6. The van der Waals surface area contributed by atoms with Crippen LogP contribution in [0.4, 0.5) is 10.7 Å². The number of carbonyl (C=O) groups is 1. The van der Waals surface area contributed by atoms with E-state index < -0.39 is 6.09 Å². The van der Waals surface area contributed by atoms with Crippen LogP contribution in [0.15, 0.2) is 72.9 Å². The van der Waals surface area contributed by atoms with E-state index in [0.29, 0.717) is 16.5 Å². The number of carbonyl (C=O) groups excluding carboxylic acids is 1. The molecule has 5 nitrogen and oxygen atoms in total. The second-order valence-corrected chi connectivity index (χ2v) is 9.03. The number of benzene rings is 3. The molecular formula is C27H21Cl2N3O2. The number of rotatable bonds is 4. The minimum Gasteiger partial charge on any atom is -0.444 e. The van der Waals surface area contributed by atoms with Crippen molar-refractivity contribution in [3.63, 3.8) is 0 Å². The van der Waals surface area contributed by atoms with Crippen molar-refractivity contribution < 1.29 is 9.53 Å². The van der Waals surface area contributed by atoms with Crippen LogP contribution in [0.3, 0.4) is 0 Å². The van der Waals surface area contributed by atoms with Gasteiger partial charge in [0.2, 0.25) is 5.95 Å². The summed E-state index contributed by atoms with van der Waals surface area (Å²) < 4.78 is 5.37. The van der Waals surface area contributed by atoms with Crippen LogP contribution in [0, 0.1) is 6.92 Å². The van der Waals surface area contributed by atoms with Gasteiger partial charge in [0.15, 0.2) is 0 Å². The molecule has 7 heteroatoms. The van der Waals surface area contributed by atoms with Gasteiger partial charge in [0.1, 0.15) is 6.61 Å². The van der Waals surface area contributed by atoms with E-state index in [2.05, 4.69) is 21.4 Å². The molecule has 1 heterocycles. The van der Waals surface area contributed by atoms with Crippen molar-refractivity contribution >= 4 is 35.2 Å². The zero-order chi connectivity index (χ0) is 23.7. The highest BCUT2D eigenvalue weighted by Crippen LogP contribution is 2.42. The second kappa shape index (κ2) is 9.45. The zero-order valence-electron chi connectivity index (χ0n) is 18.4. The molecule has 0 aliphatic heterocycles. The molecule has 0 saturated carbocycles. The quantitative estimate of drug-likeness (QED) is 0.329. The Balaban J connectivity index is 1.38. The Morgan fingerprint density at radius 1 is 1.06 bits per heavy atom. The summed E-state index contributed by atoms with van der Waals surface area (Å²) in [6.07, 6.45) is 1.88. The van der Waals surface area contributed by atoms with Gasteiger partial charge in [-0.2, -0.15) is 0 Å². The minimum absolute atomic E-state index is 0.0972. The van der Waals surface area contributed by atoms with E-state index >= 15 is 0 Å². The lowest BCUT2D eigenvalue weighted by atomic mass is 9.78. The second-order valence-electron chi connectivity index (χ2n) is 8.21. The summed E-state index contributed by atoms with van der Waals surface area (Å²) in [6.45, 7) is 2.16. The maximum Gasteiger partial charge on any atom is 0.414 e. The van der Waals surface area contributed by atoms with Gasteiger partial charge in [-0.1, -0.05) is 77.8 Å². The molecule has 1 aliphatic carbocycles. The van der Waals surface area contributed by atoms with Gasteiger partial charge in [0.05, 0.1) is 15.7 Å². The Kier molecular flexibility index (Phi) is 6.22. The van der Waals surface area contributed by atoms with E-state index in [9.17, 15) is 4.79 Å². The van der Waals surface area contributed by atoms with Crippen LogP contribution in [0.25, 0.3) is 11.3 Å². The molecule has 1 atom stereocenters. The fourth-order valence-corrected chi connectivity index (χ4v) is 4.57. The van der Waals surface area contributed by atoms with Gasteiger partial charge >= 0.3 is 6.09 Å². The monoisotopic (exact) mass is 489 g/mol. The molecule has 1 amide bonds. The topological polar surface area (TPSA) is 64.1 Å². The largest absolute Gasteiger partial charge is 0.444 e. The molecule has 0 spiro atoms. The fourth-order valence-electron chi connectivity index (χ4n) is 4.27. The van der Waals surface area contributed by atoms with Crippen LogP contribution in [0.5, 0.6) is 0 Å². The predicted molar refractivity (Wildman–Crippen MR) is 134 cm³/mol. The van der Waals surface area contributed by atoms with Crippen molar-refractivity contribution in [1.29, 1.82) is 0 Å². The standard InChI is InChI=1S/C27H21Cl2N3O2/c1-16-6-2-3-7-18(16)15-34-27(33)32-26-30-14-19-12-22(17-10-11-23(28)24(29)13-17)20-8-4-5-9-21(20)25(19)31-26/h2-11,13-14,22H,12,15H2,1H3,(H,30,31,32,33). The molecule has 1 unspecified atom stereocenters. The van der Waals surface area contributed by atoms with E-state index in [1.165, 1.54) is 0 Å². The van der Waals surface area contributed by atoms with Crippen molar-refractivity contribution in [1.82, 2.24) is 9.97 Å². The average molecular weight is 490 g/mol. The van der Waals surface area contributed by atoms with Gasteiger partial charge in [0, 0.05) is 17.7 Å². The van der Waals surface area contributed by atoms with Crippen LogP contribution < -0.4 is 5.32 Å². The number of aromatic nitrogens is 2. The summed E-state index contributed by atoms with van der Waals surface area (Å²) in [5, 5.41) is 3.71. The molecule has 170 valence electrons. The number of hydrogen-bond acceptors (Lipinski definition) is 4. The molecule has 0 radical (unpaired) electrons. The molecule has 1 N–H and O–H groups in total. The van der Waals surface area contributed by atoms with Gasteiger partial charge in [0.25, 0.3) is 0 Å². The molecular weight excluding hydrogens is 469 g/mol. The Labute approximate surface area is 207 Å². The Hall–Kier alpha value is -3.41. The summed E-state index contributed by atoms with van der Waals surface area (Å²) >= 11 is 12.4. The summed E-state index contributed by atoms with van der Waals surface area (Å²) in [6, 6.07) is 21.6. The van der Waals surface area contributed by atoms with Crippen LogP contribution in [-0.2, 0) is 17.8 Å². The lowest BCUT2D eigenvalue weighted by Crippen LogP contribution is -2.18. The summed E-state index contributed by atoms with van der Waals surface area (Å²) in [4.78, 5) is 21.4. The molecule has 1 aliphatic rings. The van der Waals surface area contributed by atoms with Gasteiger partial charge in [-0.3, -0.25) is 5.32 Å². The lowest BCUT2D eigenvalue weighted by Gasteiger charge is -2.27. The van der Waals surface area contributed by atoms with Gasteiger partial charge < -0.3 is 4.74 Å². The first kappa shape index (κ1) is 22.4. The fraction of sp³-hybridized carbons (Fsp3) is 0.148. The smallest absolute Gasteiger partial charge is 0.414 e. The highest BCUT2D eigenvalue weighted by molar-refractivity contribution is 6.42. The van der Waals surface area contributed by atoms with Crippen molar-refractivity contribution in [3.05, 3.63) is 111 Å². The van der Waals surface area contributed by atoms with Gasteiger partial charge in [-0.15, -0.1) is 0 Å². The van der Waals surface area contributed by atoms with Gasteiger partial charge in [-0.25, -0.2) is 14.8 Å². The van der Waals surface area contributed by atoms with E-state index in [0.717, 1.165) is 39.1 Å². The summed E-state index contributed by atoms with van der Waals surface area (Å²) in [7, 11) is 0. The van der Waals surface area contributed by atoms with Crippen molar-refractivity contribution in [2.45, 2.75) is 25.9 Å². The molecule has 4 aromatic rings. The third kappa shape index (κ3) is 4.49. The van der Waals surface area contributed by atoms with E-state index in [1.54, 1.807) is 6.20 Å². The number of aryl methyl sites for hydroxylation is 1. The number of amides is 1. The van der Waals surface area contributed by atoms with Crippen LogP contribution in [0.1, 0.15) is 33.7 Å². The first-order chi connectivity index (χ1) is 16.5. The van der Waals surface area contributed by atoms with Crippen LogP contribution in [0.2, 0.25) is 10.0 Å². The summed E-state index contributed by atoms with van der Waals surface area (Å²) in [5.74, 6) is 0.302. The van der Waals surface area contributed by atoms with Crippen LogP contribution >= 0.6 is 23.2 Å². The van der Waals surface area contributed by atoms with Crippen molar-refractivity contribution in [3.8, 4) is 11.3 Å². The van der Waals surface area contributed by atoms with E-state index in [4.69, 9.17) is 27.9 Å². The Bertz CT molecular complexity index is 1390. The number of anilines is 1. The normalized spacial score (nSPS) is 14.1. The molecule has 0 saturated heterocycles. The number of nitrogens with zero attached hydrogens (tertiary/aromatic N) is 2. The number of fused-ring (bicyclic) bond motifs is 3. The molecule has 34 heavy (non-hydrogen) atoms. The molecule has 5 rings (SSSR count). The Morgan fingerprint density at radius 3 is 2.68 bits per heavy atom. The van der Waals surface area contributed by atoms with E-state index in [1.807, 2.05) is 67.6 Å². The number of nitrogens with one attached hydrogen (secondary N) is 1. The molecule has 0 fully saturated rings. The van der Waals surface area contributed by atoms with Crippen LogP contribution in [-0.4, -0.2) is 16.1 Å². The van der Waals surface area contributed by atoms with Crippen molar-refractivity contribution in [2.24, 2.45) is 0 Å². The first-order valence-electron chi connectivity index (χ1n) is 10.9. The molecule has 3 aromatic carbocycles. The number of halogens is 2. The number of ether oxygens (including phenoxy) is 1. The lowest BCUT2D eigenvalue weighted by molar-refractivity contribution is 0.154.